The van der Waals surface area contributed by atoms with E-state index in [1.165, 1.54) is 43.5 Å². The Bertz CT molecular complexity index is 717. The topological polar surface area (TPSA) is 50.3 Å². The first-order valence-corrected chi connectivity index (χ1v) is 10.8. The summed E-state index contributed by atoms with van der Waals surface area (Å²) < 4.78 is 6.24. The number of nitrogens with zero attached hydrogens (tertiary/aromatic N) is 3. The number of hydrogen-bond acceptors (Lipinski definition) is 5. The van der Waals surface area contributed by atoms with Gasteiger partial charge in [0.1, 0.15) is 11.9 Å². The van der Waals surface area contributed by atoms with Crippen molar-refractivity contribution in [2.75, 3.05) is 31.1 Å². The van der Waals surface area contributed by atoms with Crippen molar-refractivity contribution in [1.82, 2.24) is 15.3 Å². The molecule has 2 saturated heterocycles. The highest BCUT2D eigenvalue weighted by Gasteiger charge is 2.22. The van der Waals surface area contributed by atoms with E-state index in [0.717, 1.165) is 50.0 Å². The molecule has 5 nitrogen and oxygen atoms in total. The number of anilines is 1. The number of aromatic nitrogens is 2. The Morgan fingerprint density at radius 1 is 0.964 bits per heavy atom. The lowest BCUT2D eigenvalue weighted by molar-refractivity contribution is 0.170. The Labute approximate surface area is 168 Å². The zero-order chi connectivity index (χ0) is 19.2. The second kappa shape index (κ2) is 9.37. The summed E-state index contributed by atoms with van der Waals surface area (Å²) in [6, 6.07) is 8.79. The molecule has 0 saturated carbocycles. The lowest BCUT2D eigenvalue weighted by Crippen LogP contribution is -2.39. The second-order valence-corrected chi connectivity index (χ2v) is 8.09. The SMILES string of the molecule is CCc1cnc(N2CCC(Oc3ccc(CC4CCNCC4)cc3)CC2)nc1. The van der Waals surface area contributed by atoms with Gasteiger partial charge in [-0.05, 0) is 68.0 Å². The first kappa shape index (κ1) is 19.2. The summed E-state index contributed by atoms with van der Waals surface area (Å²) in [6.07, 6.45) is 10.9. The van der Waals surface area contributed by atoms with Gasteiger partial charge in [0.15, 0.2) is 0 Å². The second-order valence-electron chi connectivity index (χ2n) is 8.09. The smallest absolute Gasteiger partial charge is 0.225 e. The number of rotatable bonds is 6. The number of piperidine rings is 2. The molecule has 150 valence electrons. The molecule has 5 heteroatoms. The monoisotopic (exact) mass is 380 g/mol. The van der Waals surface area contributed by atoms with Crippen molar-refractivity contribution in [3.05, 3.63) is 47.8 Å². The van der Waals surface area contributed by atoms with Crippen molar-refractivity contribution in [1.29, 1.82) is 0 Å². The largest absolute Gasteiger partial charge is 0.490 e. The first-order chi connectivity index (χ1) is 13.8. The number of hydrogen-bond donors (Lipinski definition) is 1. The molecule has 1 N–H and O–H groups in total. The van der Waals surface area contributed by atoms with Crippen LogP contribution in [0.3, 0.4) is 0 Å². The minimum atomic E-state index is 0.279. The number of benzene rings is 1. The summed E-state index contributed by atoms with van der Waals surface area (Å²) >= 11 is 0. The zero-order valence-corrected chi connectivity index (χ0v) is 16.9. The molecule has 4 rings (SSSR count). The number of nitrogens with one attached hydrogen (secondary N) is 1. The molecule has 1 aromatic carbocycles. The zero-order valence-electron chi connectivity index (χ0n) is 16.9. The highest BCUT2D eigenvalue weighted by Crippen LogP contribution is 2.23. The Morgan fingerprint density at radius 3 is 2.29 bits per heavy atom. The summed E-state index contributed by atoms with van der Waals surface area (Å²) in [5.74, 6) is 2.67. The van der Waals surface area contributed by atoms with E-state index in [1.54, 1.807) is 0 Å². The molecule has 28 heavy (non-hydrogen) atoms. The average Bonchev–Trinajstić information content (AvgIpc) is 2.76. The van der Waals surface area contributed by atoms with Crippen LogP contribution in [0.25, 0.3) is 0 Å². The molecule has 2 aliphatic rings. The van der Waals surface area contributed by atoms with Crippen molar-refractivity contribution in [3.8, 4) is 5.75 Å². The van der Waals surface area contributed by atoms with Crippen LogP contribution in [-0.2, 0) is 12.8 Å². The summed E-state index contributed by atoms with van der Waals surface area (Å²) in [5.41, 5.74) is 2.62. The summed E-state index contributed by atoms with van der Waals surface area (Å²) in [4.78, 5) is 11.3. The van der Waals surface area contributed by atoms with Crippen LogP contribution in [0.2, 0.25) is 0 Å². The van der Waals surface area contributed by atoms with Gasteiger partial charge in [-0.3, -0.25) is 0 Å². The van der Waals surface area contributed by atoms with E-state index in [9.17, 15) is 0 Å². The maximum Gasteiger partial charge on any atom is 0.225 e. The summed E-state index contributed by atoms with van der Waals surface area (Å²) in [6.45, 7) is 6.35. The predicted octanol–water partition coefficient (Wildman–Crippen LogP) is 3.63. The summed E-state index contributed by atoms with van der Waals surface area (Å²) in [7, 11) is 0. The van der Waals surface area contributed by atoms with E-state index in [4.69, 9.17) is 4.74 Å². The highest BCUT2D eigenvalue weighted by atomic mass is 16.5. The number of ether oxygens (including phenoxy) is 1. The lowest BCUT2D eigenvalue weighted by atomic mass is 9.91. The van der Waals surface area contributed by atoms with Gasteiger partial charge in [-0.25, -0.2) is 9.97 Å². The van der Waals surface area contributed by atoms with Gasteiger partial charge in [0, 0.05) is 38.3 Å². The van der Waals surface area contributed by atoms with Gasteiger partial charge in [0.25, 0.3) is 0 Å². The highest BCUT2D eigenvalue weighted by molar-refractivity contribution is 5.31. The van der Waals surface area contributed by atoms with E-state index in [1.807, 2.05) is 12.4 Å². The molecule has 1 aromatic heterocycles. The maximum atomic E-state index is 6.24. The third-order valence-corrected chi connectivity index (χ3v) is 6.03. The van der Waals surface area contributed by atoms with E-state index < -0.39 is 0 Å². The van der Waals surface area contributed by atoms with Gasteiger partial charge in [-0.15, -0.1) is 0 Å². The predicted molar refractivity (Wildman–Crippen MR) is 113 cm³/mol. The van der Waals surface area contributed by atoms with Crippen LogP contribution in [-0.4, -0.2) is 42.3 Å². The van der Waals surface area contributed by atoms with Gasteiger partial charge < -0.3 is 15.0 Å². The van der Waals surface area contributed by atoms with Gasteiger partial charge >= 0.3 is 0 Å². The molecule has 0 amide bonds. The minimum Gasteiger partial charge on any atom is -0.490 e. The average molecular weight is 381 g/mol. The fourth-order valence-electron chi connectivity index (χ4n) is 4.18. The molecule has 3 heterocycles. The number of aryl methyl sites for hydroxylation is 1. The first-order valence-electron chi connectivity index (χ1n) is 10.8. The Morgan fingerprint density at radius 2 is 1.64 bits per heavy atom. The fourth-order valence-corrected chi connectivity index (χ4v) is 4.18. The molecule has 0 unspecified atom stereocenters. The van der Waals surface area contributed by atoms with Gasteiger partial charge in [0.2, 0.25) is 5.95 Å². The molecule has 0 bridgehead atoms. The van der Waals surface area contributed by atoms with E-state index in [2.05, 4.69) is 51.4 Å². The quantitative estimate of drug-likeness (QED) is 0.829. The lowest BCUT2D eigenvalue weighted by Gasteiger charge is -2.32. The normalized spacial score (nSPS) is 19.0. The Hall–Kier alpha value is -2.14. The third kappa shape index (κ3) is 5.02. The van der Waals surface area contributed by atoms with Crippen LogP contribution >= 0.6 is 0 Å². The third-order valence-electron chi connectivity index (χ3n) is 6.03. The van der Waals surface area contributed by atoms with Gasteiger partial charge in [-0.1, -0.05) is 19.1 Å². The van der Waals surface area contributed by atoms with Crippen LogP contribution in [0.5, 0.6) is 5.75 Å². The minimum absolute atomic E-state index is 0.279. The van der Waals surface area contributed by atoms with Gasteiger partial charge in [0.05, 0.1) is 0 Å². The fraction of sp³-hybridized carbons (Fsp3) is 0.565. The maximum absolute atomic E-state index is 6.24. The van der Waals surface area contributed by atoms with Crippen molar-refractivity contribution in [2.24, 2.45) is 5.92 Å². The van der Waals surface area contributed by atoms with E-state index >= 15 is 0 Å². The molecule has 0 atom stereocenters. The van der Waals surface area contributed by atoms with Crippen LogP contribution in [0, 0.1) is 5.92 Å². The van der Waals surface area contributed by atoms with Crippen LogP contribution in [0.4, 0.5) is 5.95 Å². The molecule has 2 fully saturated rings. The Balaban J connectivity index is 1.25. The van der Waals surface area contributed by atoms with E-state index in [0.29, 0.717) is 0 Å². The molecule has 0 radical (unpaired) electrons. The van der Waals surface area contributed by atoms with Crippen molar-refractivity contribution in [2.45, 2.75) is 51.6 Å². The van der Waals surface area contributed by atoms with Crippen LogP contribution < -0.4 is 15.0 Å². The summed E-state index contributed by atoms with van der Waals surface area (Å²) in [5, 5.41) is 3.44. The standard InChI is InChI=1S/C23H32N4O/c1-2-18-16-25-23(26-17-18)27-13-9-22(10-14-27)28-21-5-3-19(4-6-21)15-20-7-11-24-12-8-20/h3-6,16-17,20,22,24H,2,7-15H2,1H3. The Kier molecular flexibility index (Phi) is 6.42. The van der Waals surface area contributed by atoms with Crippen molar-refractivity contribution in [3.63, 3.8) is 0 Å². The molecule has 2 aromatic rings. The molecular formula is C23H32N4O. The molecular weight excluding hydrogens is 348 g/mol. The van der Waals surface area contributed by atoms with Gasteiger partial charge in [-0.2, -0.15) is 0 Å². The molecule has 0 spiro atoms. The van der Waals surface area contributed by atoms with Crippen molar-refractivity contribution < 1.29 is 4.74 Å². The van der Waals surface area contributed by atoms with Crippen LogP contribution in [0.1, 0.15) is 43.7 Å². The van der Waals surface area contributed by atoms with Crippen LogP contribution in [0.15, 0.2) is 36.7 Å². The van der Waals surface area contributed by atoms with Crippen molar-refractivity contribution >= 4 is 5.95 Å². The molecule has 2 aliphatic heterocycles. The van der Waals surface area contributed by atoms with E-state index in [-0.39, 0.29) is 6.10 Å². The molecule has 0 aliphatic carbocycles.